The molecule has 4 heteroatoms. The molecule has 1 aromatic carbocycles. The van der Waals surface area contributed by atoms with E-state index in [1.807, 2.05) is 25.1 Å². The number of ether oxygens (including phenoxy) is 2. The third kappa shape index (κ3) is 4.96. The topological polar surface area (TPSA) is 57.4 Å². The van der Waals surface area contributed by atoms with E-state index in [0.29, 0.717) is 18.4 Å². The Morgan fingerprint density at radius 1 is 1.13 bits per heavy atom. The van der Waals surface area contributed by atoms with Crippen molar-refractivity contribution >= 4 is 0 Å². The summed E-state index contributed by atoms with van der Waals surface area (Å²) >= 11 is 0. The van der Waals surface area contributed by atoms with Gasteiger partial charge in [-0.3, -0.25) is 0 Å². The second-order valence-corrected chi connectivity index (χ2v) is 6.20. The predicted molar refractivity (Wildman–Crippen MR) is 93.9 cm³/mol. The van der Waals surface area contributed by atoms with Crippen LogP contribution in [-0.2, 0) is 0 Å². The van der Waals surface area contributed by atoms with E-state index in [4.69, 9.17) is 15.2 Å². The Bertz CT molecular complexity index is 641. The Labute approximate surface area is 138 Å². The van der Waals surface area contributed by atoms with Crippen LogP contribution in [0.5, 0.6) is 11.6 Å². The lowest BCUT2D eigenvalue weighted by atomic mass is 10.0. The average molecular weight is 314 g/mol. The van der Waals surface area contributed by atoms with Gasteiger partial charge in [0, 0.05) is 18.3 Å². The van der Waals surface area contributed by atoms with Gasteiger partial charge in [0.1, 0.15) is 5.75 Å². The van der Waals surface area contributed by atoms with Gasteiger partial charge < -0.3 is 15.2 Å². The quantitative estimate of drug-likeness (QED) is 0.844. The minimum absolute atomic E-state index is 0.207. The number of aryl methyl sites for hydroxylation is 1. The van der Waals surface area contributed by atoms with Crippen LogP contribution < -0.4 is 15.2 Å². The third-order valence-electron chi connectivity index (χ3n) is 3.75. The van der Waals surface area contributed by atoms with Crippen LogP contribution in [0.4, 0.5) is 0 Å². The molecule has 0 radical (unpaired) electrons. The van der Waals surface area contributed by atoms with Crippen LogP contribution in [0.2, 0.25) is 0 Å². The Kier molecular flexibility index (Phi) is 5.99. The van der Waals surface area contributed by atoms with Crippen molar-refractivity contribution in [3.8, 4) is 22.8 Å². The van der Waals surface area contributed by atoms with E-state index in [9.17, 15) is 0 Å². The van der Waals surface area contributed by atoms with Crippen molar-refractivity contribution in [2.75, 3.05) is 13.7 Å². The maximum absolute atomic E-state index is 5.94. The lowest BCUT2D eigenvalue weighted by molar-refractivity contribution is 0.245. The normalized spacial score (nSPS) is 13.4. The molecule has 0 fully saturated rings. The number of nitrogens with zero attached hydrogens (tertiary/aromatic N) is 1. The maximum Gasteiger partial charge on any atom is 0.213 e. The predicted octanol–water partition coefficient (Wildman–Crippen LogP) is 3.82. The number of hydrogen-bond acceptors (Lipinski definition) is 4. The van der Waals surface area contributed by atoms with Crippen LogP contribution in [0.3, 0.4) is 0 Å². The summed E-state index contributed by atoms with van der Waals surface area (Å²) in [6.45, 7) is 6.94. The van der Waals surface area contributed by atoms with Crippen molar-refractivity contribution in [3.05, 3.63) is 42.1 Å². The number of nitrogens with two attached hydrogens (primary N) is 1. The minimum atomic E-state index is 0.207. The molecule has 0 aliphatic rings. The Morgan fingerprint density at radius 3 is 2.52 bits per heavy atom. The van der Waals surface area contributed by atoms with Crippen LogP contribution in [0.25, 0.3) is 11.1 Å². The molecule has 0 amide bonds. The van der Waals surface area contributed by atoms with Crippen LogP contribution in [0.1, 0.15) is 25.8 Å². The smallest absolute Gasteiger partial charge is 0.213 e. The van der Waals surface area contributed by atoms with Gasteiger partial charge in [-0.15, -0.1) is 0 Å². The molecule has 2 aromatic rings. The number of hydrogen-bond donors (Lipinski definition) is 1. The lowest BCUT2D eigenvalue weighted by Gasteiger charge is -2.16. The first-order valence-corrected chi connectivity index (χ1v) is 7.99. The number of benzene rings is 1. The summed E-state index contributed by atoms with van der Waals surface area (Å²) in [7, 11) is 1.62. The molecule has 1 heterocycles. The summed E-state index contributed by atoms with van der Waals surface area (Å²) in [5, 5.41) is 0. The zero-order chi connectivity index (χ0) is 16.8. The van der Waals surface area contributed by atoms with Crippen molar-refractivity contribution in [2.45, 2.75) is 33.2 Å². The van der Waals surface area contributed by atoms with E-state index in [0.717, 1.165) is 28.9 Å². The molecule has 23 heavy (non-hydrogen) atoms. The fourth-order valence-corrected chi connectivity index (χ4v) is 2.63. The summed E-state index contributed by atoms with van der Waals surface area (Å²) in [5.74, 6) is 1.98. The lowest BCUT2D eigenvalue weighted by Crippen LogP contribution is -2.21. The molecule has 2 atom stereocenters. The monoisotopic (exact) mass is 314 g/mol. The number of aromatic nitrogens is 1. The molecule has 2 unspecified atom stereocenters. The van der Waals surface area contributed by atoms with Gasteiger partial charge in [0.05, 0.1) is 13.7 Å². The highest BCUT2D eigenvalue weighted by Gasteiger charge is 2.09. The first-order chi connectivity index (χ1) is 11.0. The van der Waals surface area contributed by atoms with Gasteiger partial charge >= 0.3 is 0 Å². The number of pyridine rings is 1. The molecule has 1 aromatic heterocycles. The molecule has 124 valence electrons. The highest BCUT2D eigenvalue weighted by Crippen LogP contribution is 2.28. The molecule has 0 spiro atoms. The number of methoxy groups -OCH3 is 1. The van der Waals surface area contributed by atoms with Gasteiger partial charge in [-0.25, -0.2) is 4.98 Å². The van der Waals surface area contributed by atoms with Crippen LogP contribution in [0.15, 0.2) is 36.5 Å². The van der Waals surface area contributed by atoms with Gasteiger partial charge in [-0.2, -0.15) is 0 Å². The number of rotatable bonds is 7. The minimum Gasteiger partial charge on any atom is -0.493 e. The van der Waals surface area contributed by atoms with Gasteiger partial charge in [0.15, 0.2) is 0 Å². The molecule has 2 N–H and O–H groups in total. The SMILES string of the molecule is COc1cc(-c2ccc(OCC(C)CC(C)N)c(C)c2)ccn1. The summed E-state index contributed by atoms with van der Waals surface area (Å²) in [5.41, 5.74) is 9.15. The standard InChI is InChI=1S/C19H26N2O2/c1-13(9-15(3)20)12-23-18-6-5-16(10-14(18)2)17-7-8-21-19(11-17)22-4/h5-8,10-11,13,15H,9,12,20H2,1-4H3. The van der Waals surface area contributed by atoms with Crippen LogP contribution >= 0.6 is 0 Å². The second kappa shape index (κ2) is 7.97. The first-order valence-electron chi connectivity index (χ1n) is 7.99. The molecule has 0 aliphatic heterocycles. The van der Waals surface area contributed by atoms with Crippen molar-refractivity contribution in [1.82, 2.24) is 4.98 Å². The summed E-state index contributed by atoms with van der Waals surface area (Å²) in [6, 6.07) is 10.3. The fourth-order valence-electron chi connectivity index (χ4n) is 2.63. The largest absolute Gasteiger partial charge is 0.493 e. The van der Waals surface area contributed by atoms with Crippen molar-refractivity contribution in [1.29, 1.82) is 0 Å². The van der Waals surface area contributed by atoms with Gasteiger partial charge in [0.2, 0.25) is 5.88 Å². The Balaban J connectivity index is 2.08. The second-order valence-electron chi connectivity index (χ2n) is 6.20. The summed E-state index contributed by atoms with van der Waals surface area (Å²) in [6.07, 6.45) is 2.72. The first kappa shape index (κ1) is 17.3. The van der Waals surface area contributed by atoms with Crippen molar-refractivity contribution in [2.24, 2.45) is 11.7 Å². The van der Waals surface area contributed by atoms with Crippen LogP contribution in [0, 0.1) is 12.8 Å². The van der Waals surface area contributed by atoms with Crippen LogP contribution in [-0.4, -0.2) is 24.7 Å². The van der Waals surface area contributed by atoms with Gasteiger partial charge in [-0.1, -0.05) is 13.0 Å². The van der Waals surface area contributed by atoms with E-state index < -0.39 is 0 Å². The average Bonchev–Trinajstić information content (AvgIpc) is 2.53. The van der Waals surface area contributed by atoms with Gasteiger partial charge in [0.25, 0.3) is 0 Å². The summed E-state index contributed by atoms with van der Waals surface area (Å²) < 4.78 is 11.1. The van der Waals surface area contributed by atoms with Crippen molar-refractivity contribution < 1.29 is 9.47 Å². The Hall–Kier alpha value is -2.07. The van der Waals surface area contributed by atoms with E-state index in [1.54, 1.807) is 13.3 Å². The summed E-state index contributed by atoms with van der Waals surface area (Å²) in [4.78, 5) is 4.14. The molecular formula is C19H26N2O2. The highest BCUT2D eigenvalue weighted by atomic mass is 16.5. The molecule has 0 saturated carbocycles. The third-order valence-corrected chi connectivity index (χ3v) is 3.75. The molecule has 0 aliphatic carbocycles. The molecule has 0 saturated heterocycles. The molecular weight excluding hydrogens is 288 g/mol. The van der Waals surface area contributed by atoms with E-state index in [-0.39, 0.29) is 6.04 Å². The maximum atomic E-state index is 5.94. The molecule has 2 rings (SSSR count). The molecule has 4 nitrogen and oxygen atoms in total. The molecule has 0 bridgehead atoms. The zero-order valence-corrected chi connectivity index (χ0v) is 14.4. The van der Waals surface area contributed by atoms with E-state index in [2.05, 4.69) is 31.0 Å². The fraction of sp³-hybridized carbons (Fsp3) is 0.421. The Morgan fingerprint density at radius 2 is 1.87 bits per heavy atom. The van der Waals surface area contributed by atoms with E-state index >= 15 is 0 Å². The van der Waals surface area contributed by atoms with Crippen molar-refractivity contribution in [3.63, 3.8) is 0 Å². The van der Waals surface area contributed by atoms with E-state index in [1.165, 1.54) is 0 Å². The highest BCUT2D eigenvalue weighted by molar-refractivity contribution is 5.66. The zero-order valence-electron chi connectivity index (χ0n) is 14.4. The van der Waals surface area contributed by atoms with Gasteiger partial charge in [-0.05, 0) is 61.1 Å².